The summed E-state index contributed by atoms with van der Waals surface area (Å²) >= 11 is 0. The first kappa shape index (κ1) is 45.6. The van der Waals surface area contributed by atoms with Crippen LogP contribution >= 0.6 is 0 Å². The Morgan fingerprint density at radius 1 is 0.412 bits per heavy atom. The first-order valence-corrected chi connectivity index (χ1v) is 21.7. The van der Waals surface area contributed by atoms with E-state index in [-0.39, 0.29) is 39.1 Å². The van der Waals surface area contributed by atoms with Gasteiger partial charge in [-0.2, -0.15) is 26.3 Å². The van der Waals surface area contributed by atoms with Gasteiger partial charge in [0.05, 0.1) is 33.5 Å². The lowest BCUT2D eigenvalue weighted by molar-refractivity contribution is -0.173. The molecule has 0 N–H and O–H groups in total. The summed E-state index contributed by atoms with van der Waals surface area (Å²) in [5.41, 5.74) is 3.86. The summed E-state index contributed by atoms with van der Waals surface area (Å²) in [7, 11) is 1.24. The van der Waals surface area contributed by atoms with Crippen LogP contribution in [0.4, 0.5) is 32.0 Å². The van der Waals surface area contributed by atoms with Crippen LogP contribution in [-0.2, 0) is 11.6 Å². The topological polar surface area (TPSA) is 74.8 Å². The van der Waals surface area contributed by atoms with Crippen LogP contribution in [0.5, 0.6) is 0 Å². The Morgan fingerprint density at radius 3 is 1.38 bits per heavy atom. The van der Waals surface area contributed by atoms with Gasteiger partial charge in [0, 0.05) is 13.0 Å². The van der Waals surface area contributed by atoms with Gasteiger partial charge >= 0.3 is 12.4 Å². The standard InChI is InChI=1S/C56H42F6N2O4/c1-30-7-9-34(10-8-30)49(40-25-38(36-20-31(2)19-32(3)21-36)24-39(26-40)37-22-33(4)23-43(27-37)55(57,58)59)35-11-15-44(16-12-35)64-52(67)46-18-14-42(29-48(46)53(64)68)54(5,56(60,61)62)41-13-17-45-47(28-41)51(66)63(6)50(45)65/h7-29,49H,1-6H3. The smallest absolute Gasteiger partial charge is 0.277 e. The number of amides is 4. The molecule has 12 heteroatoms. The number of imide groups is 2. The minimum Gasteiger partial charge on any atom is -0.277 e. The van der Waals surface area contributed by atoms with Crippen LogP contribution < -0.4 is 4.90 Å². The molecule has 0 saturated carbocycles. The third kappa shape index (κ3) is 7.77. The molecular formula is C56H42F6N2O4. The molecule has 0 aliphatic carbocycles. The van der Waals surface area contributed by atoms with Gasteiger partial charge in [0.2, 0.25) is 0 Å². The predicted molar refractivity (Wildman–Crippen MR) is 248 cm³/mol. The summed E-state index contributed by atoms with van der Waals surface area (Å²) < 4.78 is 88.4. The van der Waals surface area contributed by atoms with Gasteiger partial charge < -0.3 is 0 Å². The number of carbonyl (C=O) groups excluding carboxylic acids is 4. The van der Waals surface area contributed by atoms with Crippen LogP contribution in [0.1, 0.15) is 110 Å². The lowest BCUT2D eigenvalue weighted by Gasteiger charge is -2.33. The van der Waals surface area contributed by atoms with Gasteiger partial charge in [-0.3, -0.25) is 24.1 Å². The van der Waals surface area contributed by atoms with Crippen molar-refractivity contribution in [2.75, 3.05) is 11.9 Å². The molecule has 2 atom stereocenters. The molecule has 68 heavy (non-hydrogen) atoms. The molecule has 4 amide bonds. The van der Waals surface area contributed by atoms with Crippen molar-refractivity contribution in [3.8, 4) is 22.3 Å². The molecule has 0 saturated heterocycles. The molecule has 0 fully saturated rings. The Balaban J connectivity index is 1.12. The van der Waals surface area contributed by atoms with Gasteiger partial charge in [0.1, 0.15) is 5.41 Å². The maximum atomic E-state index is 15.3. The number of fused-ring (bicyclic) bond motifs is 2. The third-order valence-corrected chi connectivity index (χ3v) is 13.2. The molecule has 2 unspecified atom stereocenters. The van der Waals surface area contributed by atoms with E-state index in [1.807, 2.05) is 81.4 Å². The van der Waals surface area contributed by atoms with Crippen LogP contribution in [0.3, 0.4) is 0 Å². The predicted octanol–water partition coefficient (Wildman–Crippen LogP) is 13.3. The van der Waals surface area contributed by atoms with Crippen LogP contribution in [-0.4, -0.2) is 41.8 Å². The minimum atomic E-state index is -4.95. The molecule has 0 spiro atoms. The average molecular weight is 921 g/mol. The average Bonchev–Trinajstić information content (AvgIpc) is 3.67. The normalized spacial score (nSPS) is 15.2. The van der Waals surface area contributed by atoms with E-state index in [1.165, 1.54) is 19.2 Å². The molecule has 0 aromatic heterocycles. The number of rotatable bonds is 8. The van der Waals surface area contributed by atoms with Gasteiger partial charge in [-0.25, -0.2) is 4.90 Å². The first-order chi connectivity index (χ1) is 32.0. The highest BCUT2D eigenvalue weighted by Gasteiger charge is 2.55. The zero-order chi connectivity index (χ0) is 48.8. The fraction of sp³-hybridized carbons (Fsp3) is 0.179. The summed E-state index contributed by atoms with van der Waals surface area (Å²) in [6.45, 7) is 8.45. The van der Waals surface area contributed by atoms with Gasteiger partial charge in [0.15, 0.2) is 0 Å². The Bertz CT molecular complexity index is 3240. The lowest BCUT2D eigenvalue weighted by atomic mass is 9.74. The van der Waals surface area contributed by atoms with E-state index in [1.54, 1.807) is 37.3 Å². The number of aryl methyl sites for hydroxylation is 4. The molecule has 0 bridgehead atoms. The number of anilines is 1. The molecular weight excluding hydrogens is 879 g/mol. The molecule has 9 rings (SSSR count). The molecule has 342 valence electrons. The van der Waals surface area contributed by atoms with E-state index in [0.717, 1.165) is 97.6 Å². The molecule has 2 heterocycles. The lowest BCUT2D eigenvalue weighted by Crippen LogP contribution is -2.41. The van der Waals surface area contributed by atoms with Crippen molar-refractivity contribution in [3.63, 3.8) is 0 Å². The van der Waals surface area contributed by atoms with E-state index in [0.29, 0.717) is 16.7 Å². The molecule has 7 aromatic rings. The summed E-state index contributed by atoms with van der Waals surface area (Å²) in [6, 6.07) is 37.2. The molecule has 7 aromatic carbocycles. The maximum Gasteiger partial charge on any atom is 0.416 e. The molecule has 6 nitrogen and oxygen atoms in total. The number of benzene rings is 7. The molecule has 2 aliphatic rings. The number of hydrogen-bond donors (Lipinski definition) is 0. The van der Waals surface area contributed by atoms with E-state index in [9.17, 15) is 32.3 Å². The van der Waals surface area contributed by atoms with E-state index >= 15 is 13.2 Å². The zero-order valence-corrected chi connectivity index (χ0v) is 37.7. The number of nitrogens with zero attached hydrogens (tertiary/aromatic N) is 2. The van der Waals surface area contributed by atoms with Crippen molar-refractivity contribution in [1.29, 1.82) is 0 Å². The highest BCUT2D eigenvalue weighted by Crippen LogP contribution is 2.48. The number of alkyl halides is 6. The van der Waals surface area contributed by atoms with Gasteiger partial charge in [-0.05, 0) is 145 Å². The Kier molecular flexibility index (Phi) is 10.9. The van der Waals surface area contributed by atoms with Crippen molar-refractivity contribution < 1.29 is 45.5 Å². The maximum absolute atomic E-state index is 15.3. The second kappa shape index (κ2) is 16.3. The zero-order valence-electron chi connectivity index (χ0n) is 37.7. The number of halogens is 6. The second-order valence-electron chi connectivity index (χ2n) is 18.0. The quantitative estimate of drug-likeness (QED) is 0.0864. The summed E-state index contributed by atoms with van der Waals surface area (Å²) in [6.07, 6.45) is -9.52. The third-order valence-electron chi connectivity index (χ3n) is 13.2. The minimum absolute atomic E-state index is 0.0202. The first-order valence-electron chi connectivity index (χ1n) is 21.7. The van der Waals surface area contributed by atoms with Crippen molar-refractivity contribution in [2.24, 2.45) is 0 Å². The number of carbonyl (C=O) groups is 4. The van der Waals surface area contributed by atoms with Crippen molar-refractivity contribution in [3.05, 3.63) is 217 Å². The second-order valence-corrected chi connectivity index (χ2v) is 18.0. The van der Waals surface area contributed by atoms with Gasteiger partial charge in [-0.15, -0.1) is 0 Å². The van der Waals surface area contributed by atoms with Crippen LogP contribution in [0.25, 0.3) is 22.3 Å². The van der Waals surface area contributed by atoms with Crippen molar-refractivity contribution in [2.45, 2.75) is 58.3 Å². The van der Waals surface area contributed by atoms with Gasteiger partial charge in [0.25, 0.3) is 23.6 Å². The fourth-order valence-corrected chi connectivity index (χ4v) is 9.51. The summed E-state index contributed by atoms with van der Waals surface area (Å²) in [5.74, 6) is -3.44. The summed E-state index contributed by atoms with van der Waals surface area (Å²) in [4.78, 5) is 55.3. The van der Waals surface area contributed by atoms with Crippen LogP contribution in [0.2, 0.25) is 0 Å². The monoisotopic (exact) mass is 920 g/mol. The van der Waals surface area contributed by atoms with Crippen LogP contribution in [0.15, 0.2) is 140 Å². The Hall–Kier alpha value is -7.60. The molecule has 0 radical (unpaired) electrons. The highest BCUT2D eigenvalue weighted by molar-refractivity contribution is 6.34. The van der Waals surface area contributed by atoms with Crippen molar-refractivity contribution in [1.82, 2.24) is 4.90 Å². The number of hydrogen-bond acceptors (Lipinski definition) is 4. The highest BCUT2D eigenvalue weighted by atomic mass is 19.4. The largest absolute Gasteiger partial charge is 0.416 e. The van der Waals surface area contributed by atoms with Crippen LogP contribution in [0, 0.1) is 27.7 Å². The fourth-order valence-electron chi connectivity index (χ4n) is 9.51. The van der Waals surface area contributed by atoms with E-state index in [2.05, 4.69) is 0 Å². The SMILES string of the molecule is Cc1ccc(C(c2ccc(N3C(=O)c4ccc(C(C)(c5ccc6c(c5)C(=O)N(C)C6=O)C(F)(F)F)cc4C3=O)cc2)c2cc(-c3cc(C)cc(C)c3)cc(-c3cc(C)cc(C(F)(F)F)c3)c2)cc1. The Labute approximate surface area is 388 Å². The molecule has 2 aliphatic heterocycles. The summed E-state index contributed by atoms with van der Waals surface area (Å²) in [5, 5.41) is 0. The van der Waals surface area contributed by atoms with E-state index < -0.39 is 52.9 Å². The van der Waals surface area contributed by atoms with Gasteiger partial charge in [-0.1, -0.05) is 102 Å². The van der Waals surface area contributed by atoms with E-state index in [4.69, 9.17) is 0 Å². The van der Waals surface area contributed by atoms with Crippen molar-refractivity contribution >= 4 is 29.3 Å². The Morgan fingerprint density at radius 2 is 0.853 bits per heavy atom.